The van der Waals surface area contributed by atoms with Crippen LogP contribution in [-0.2, 0) is 0 Å². The highest BCUT2D eigenvalue weighted by molar-refractivity contribution is 6.05. The highest BCUT2D eigenvalue weighted by atomic mass is 16.2. The Morgan fingerprint density at radius 3 is 2.84 bits per heavy atom. The monoisotopic (exact) mass is 255 g/mol. The van der Waals surface area contributed by atoms with Gasteiger partial charge in [0.05, 0.1) is 11.1 Å². The largest absolute Gasteiger partial charge is 0.337 e. The van der Waals surface area contributed by atoms with Crippen LogP contribution in [0.1, 0.15) is 17.3 Å². The number of para-hydroxylation sites is 1. The number of amides is 1. The third-order valence-electron chi connectivity index (χ3n) is 3.82. The number of nitrogens with two attached hydrogens (primary N) is 1. The van der Waals surface area contributed by atoms with Gasteiger partial charge in [-0.05, 0) is 18.1 Å². The van der Waals surface area contributed by atoms with Crippen molar-refractivity contribution in [1.82, 2.24) is 9.88 Å². The van der Waals surface area contributed by atoms with Crippen LogP contribution in [0, 0.1) is 5.92 Å². The maximum atomic E-state index is 12.6. The zero-order valence-corrected chi connectivity index (χ0v) is 10.9. The van der Waals surface area contributed by atoms with Crippen molar-refractivity contribution < 1.29 is 4.79 Å². The SMILES string of the molecule is CC1CN(C(=O)c2cccc3cccnc23)CC1N. The summed E-state index contributed by atoms with van der Waals surface area (Å²) in [5.41, 5.74) is 7.42. The Bertz CT molecular complexity index is 610. The summed E-state index contributed by atoms with van der Waals surface area (Å²) in [5.74, 6) is 0.385. The third-order valence-corrected chi connectivity index (χ3v) is 3.82. The summed E-state index contributed by atoms with van der Waals surface area (Å²) in [6.45, 7) is 3.44. The number of rotatable bonds is 1. The number of nitrogens with zero attached hydrogens (tertiary/aromatic N) is 2. The third kappa shape index (κ3) is 2.08. The molecule has 1 fully saturated rings. The van der Waals surface area contributed by atoms with Gasteiger partial charge in [-0.2, -0.15) is 0 Å². The molecule has 1 aliphatic heterocycles. The maximum Gasteiger partial charge on any atom is 0.256 e. The quantitative estimate of drug-likeness (QED) is 0.843. The predicted molar refractivity (Wildman–Crippen MR) is 74.8 cm³/mol. The molecule has 1 amide bonds. The van der Waals surface area contributed by atoms with E-state index in [9.17, 15) is 4.79 Å². The van der Waals surface area contributed by atoms with E-state index in [0.29, 0.717) is 18.0 Å². The molecule has 2 heterocycles. The van der Waals surface area contributed by atoms with Gasteiger partial charge < -0.3 is 10.6 Å². The van der Waals surface area contributed by atoms with Gasteiger partial charge in [-0.25, -0.2) is 0 Å². The van der Waals surface area contributed by atoms with Crippen molar-refractivity contribution in [3.63, 3.8) is 0 Å². The van der Waals surface area contributed by atoms with Crippen LogP contribution in [0.5, 0.6) is 0 Å². The fourth-order valence-electron chi connectivity index (χ4n) is 2.60. The predicted octanol–water partition coefficient (Wildman–Crippen LogP) is 1.65. The first kappa shape index (κ1) is 12.1. The van der Waals surface area contributed by atoms with Gasteiger partial charge in [0.2, 0.25) is 0 Å². The summed E-state index contributed by atoms with van der Waals surface area (Å²) in [7, 11) is 0. The van der Waals surface area contributed by atoms with Crippen molar-refractivity contribution in [2.75, 3.05) is 13.1 Å². The molecule has 3 rings (SSSR count). The van der Waals surface area contributed by atoms with Gasteiger partial charge >= 0.3 is 0 Å². The average molecular weight is 255 g/mol. The number of carbonyl (C=O) groups excluding carboxylic acids is 1. The van der Waals surface area contributed by atoms with Gasteiger partial charge in [0.25, 0.3) is 5.91 Å². The van der Waals surface area contributed by atoms with Crippen molar-refractivity contribution in [3.05, 3.63) is 42.1 Å². The van der Waals surface area contributed by atoms with E-state index in [4.69, 9.17) is 5.73 Å². The van der Waals surface area contributed by atoms with Crippen LogP contribution in [0.25, 0.3) is 10.9 Å². The first-order valence-electron chi connectivity index (χ1n) is 6.55. The van der Waals surface area contributed by atoms with Crippen molar-refractivity contribution in [1.29, 1.82) is 0 Å². The minimum atomic E-state index is 0.0316. The number of fused-ring (bicyclic) bond motifs is 1. The van der Waals surface area contributed by atoms with E-state index < -0.39 is 0 Å². The molecule has 2 unspecified atom stereocenters. The number of aromatic nitrogens is 1. The summed E-state index contributed by atoms with van der Waals surface area (Å²) in [4.78, 5) is 18.7. The second kappa shape index (κ2) is 4.63. The van der Waals surface area contributed by atoms with E-state index >= 15 is 0 Å². The second-order valence-electron chi connectivity index (χ2n) is 5.23. The molecule has 19 heavy (non-hydrogen) atoms. The molecule has 1 aromatic heterocycles. The van der Waals surface area contributed by atoms with Gasteiger partial charge in [0.15, 0.2) is 0 Å². The van der Waals surface area contributed by atoms with Crippen LogP contribution < -0.4 is 5.73 Å². The fourth-order valence-corrected chi connectivity index (χ4v) is 2.60. The zero-order chi connectivity index (χ0) is 13.4. The van der Waals surface area contributed by atoms with Crippen molar-refractivity contribution in [2.45, 2.75) is 13.0 Å². The second-order valence-corrected chi connectivity index (χ2v) is 5.23. The molecular weight excluding hydrogens is 238 g/mol. The number of likely N-dealkylation sites (tertiary alicyclic amines) is 1. The number of carbonyl (C=O) groups is 1. The van der Waals surface area contributed by atoms with Crippen molar-refractivity contribution in [2.24, 2.45) is 11.7 Å². The number of hydrogen-bond acceptors (Lipinski definition) is 3. The minimum Gasteiger partial charge on any atom is -0.337 e. The van der Waals surface area contributed by atoms with Crippen LogP contribution >= 0.6 is 0 Å². The molecule has 2 aromatic rings. The summed E-state index contributed by atoms with van der Waals surface area (Å²) in [6.07, 6.45) is 1.72. The lowest BCUT2D eigenvalue weighted by Gasteiger charge is -2.16. The van der Waals surface area contributed by atoms with Crippen LogP contribution in [-0.4, -0.2) is 34.9 Å². The Balaban J connectivity index is 1.98. The topological polar surface area (TPSA) is 59.2 Å². The number of hydrogen-bond donors (Lipinski definition) is 1. The molecule has 1 aliphatic rings. The summed E-state index contributed by atoms with van der Waals surface area (Å²) in [5, 5.41) is 0.991. The molecule has 0 radical (unpaired) electrons. The smallest absolute Gasteiger partial charge is 0.256 e. The van der Waals surface area contributed by atoms with Crippen LogP contribution in [0.15, 0.2) is 36.5 Å². The molecule has 0 aliphatic carbocycles. The molecule has 2 N–H and O–H groups in total. The number of pyridine rings is 1. The number of benzene rings is 1. The van der Waals surface area contributed by atoms with Crippen molar-refractivity contribution in [3.8, 4) is 0 Å². The van der Waals surface area contributed by atoms with E-state index in [1.54, 1.807) is 6.20 Å². The first-order valence-corrected chi connectivity index (χ1v) is 6.55. The van der Waals surface area contributed by atoms with Gasteiger partial charge in [-0.15, -0.1) is 0 Å². The average Bonchev–Trinajstić information content (AvgIpc) is 2.77. The Kier molecular flexibility index (Phi) is 2.95. The molecule has 2 atom stereocenters. The zero-order valence-electron chi connectivity index (χ0n) is 10.9. The highest BCUT2D eigenvalue weighted by Crippen LogP contribution is 2.21. The molecule has 0 saturated carbocycles. The molecule has 1 aromatic carbocycles. The Morgan fingerprint density at radius 2 is 2.11 bits per heavy atom. The Hall–Kier alpha value is -1.94. The molecule has 98 valence electrons. The lowest BCUT2D eigenvalue weighted by Crippen LogP contribution is -2.32. The first-order chi connectivity index (χ1) is 9.16. The van der Waals surface area contributed by atoms with Gasteiger partial charge in [-0.3, -0.25) is 9.78 Å². The summed E-state index contributed by atoms with van der Waals surface area (Å²) in [6, 6.07) is 9.63. The van der Waals surface area contributed by atoms with Gasteiger partial charge in [0, 0.05) is 30.7 Å². The molecule has 0 spiro atoms. The standard InChI is InChI=1S/C15H17N3O/c1-10-8-18(9-13(10)16)15(19)12-6-2-4-11-5-3-7-17-14(11)12/h2-7,10,13H,8-9,16H2,1H3. The summed E-state index contributed by atoms with van der Waals surface area (Å²) < 4.78 is 0. The van der Waals surface area contributed by atoms with E-state index in [1.165, 1.54) is 0 Å². The lowest BCUT2D eigenvalue weighted by atomic mass is 10.1. The van der Waals surface area contributed by atoms with E-state index in [1.807, 2.05) is 35.2 Å². The molecule has 4 nitrogen and oxygen atoms in total. The normalized spacial score (nSPS) is 22.9. The maximum absolute atomic E-state index is 12.6. The van der Waals surface area contributed by atoms with E-state index in [2.05, 4.69) is 11.9 Å². The van der Waals surface area contributed by atoms with Gasteiger partial charge in [0.1, 0.15) is 0 Å². The van der Waals surface area contributed by atoms with Crippen LogP contribution in [0.2, 0.25) is 0 Å². The lowest BCUT2D eigenvalue weighted by molar-refractivity contribution is 0.0788. The Labute approximate surface area is 112 Å². The molecule has 1 saturated heterocycles. The highest BCUT2D eigenvalue weighted by Gasteiger charge is 2.31. The van der Waals surface area contributed by atoms with E-state index in [0.717, 1.165) is 17.4 Å². The fraction of sp³-hybridized carbons (Fsp3) is 0.333. The molecular formula is C15H17N3O. The molecule has 0 bridgehead atoms. The Morgan fingerprint density at radius 1 is 1.32 bits per heavy atom. The molecule has 4 heteroatoms. The summed E-state index contributed by atoms with van der Waals surface area (Å²) >= 11 is 0. The van der Waals surface area contributed by atoms with E-state index in [-0.39, 0.29) is 11.9 Å². The minimum absolute atomic E-state index is 0.0316. The van der Waals surface area contributed by atoms with Gasteiger partial charge in [-0.1, -0.05) is 25.1 Å². The van der Waals surface area contributed by atoms with Crippen molar-refractivity contribution >= 4 is 16.8 Å². The van der Waals surface area contributed by atoms with Crippen LogP contribution in [0.3, 0.4) is 0 Å². The van der Waals surface area contributed by atoms with Crippen LogP contribution in [0.4, 0.5) is 0 Å².